The van der Waals surface area contributed by atoms with Crippen molar-refractivity contribution in [2.24, 2.45) is 0 Å². The molecule has 0 saturated carbocycles. The molecule has 1 aromatic heterocycles. The van der Waals surface area contributed by atoms with Gasteiger partial charge >= 0.3 is 11.6 Å². The molecule has 3 atom stereocenters. The van der Waals surface area contributed by atoms with Gasteiger partial charge in [0, 0.05) is 10.3 Å². The van der Waals surface area contributed by atoms with Crippen LogP contribution in [0, 0.1) is 6.92 Å². The number of nitrogens with one attached hydrogen (secondary N) is 1. The molecular formula is C19H18N2O6S. The zero-order valence-corrected chi connectivity index (χ0v) is 16.2. The van der Waals surface area contributed by atoms with Gasteiger partial charge in [0.15, 0.2) is 5.76 Å². The molecule has 1 aromatic carbocycles. The highest BCUT2D eigenvalue weighted by Crippen LogP contribution is 2.50. The van der Waals surface area contributed by atoms with Crippen LogP contribution in [0.5, 0.6) is 0 Å². The Bertz CT molecular complexity index is 1090. The molecule has 4 rings (SSSR count). The molecule has 146 valence electrons. The summed E-state index contributed by atoms with van der Waals surface area (Å²) in [7, 11) is 0. The zero-order chi connectivity index (χ0) is 20.4. The maximum Gasteiger partial charge on any atom is 0.344 e. The van der Waals surface area contributed by atoms with Crippen LogP contribution in [0.2, 0.25) is 0 Å². The summed E-state index contributed by atoms with van der Waals surface area (Å²) in [5.41, 5.74) is -0.130. The number of hydrogen-bond donors (Lipinski definition) is 2. The van der Waals surface area contributed by atoms with E-state index in [0.29, 0.717) is 16.3 Å². The molecule has 0 bridgehead atoms. The van der Waals surface area contributed by atoms with Crippen LogP contribution in [0.1, 0.15) is 30.0 Å². The number of carbonyl (C=O) groups excluding carboxylic acids is 2. The lowest BCUT2D eigenvalue weighted by atomic mass is 9.96. The highest BCUT2D eigenvalue weighted by atomic mass is 32.2. The van der Waals surface area contributed by atoms with Gasteiger partial charge in [-0.3, -0.25) is 9.59 Å². The Morgan fingerprint density at radius 2 is 1.86 bits per heavy atom. The molecule has 0 aliphatic carbocycles. The van der Waals surface area contributed by atoms with Crippen LogP contribution in [0.3, 0.4) is 0 Å². The van der Waals surface area contributed by atoms with Gasteiger partial charge in [0.2, 0.25) is 5.91 Å². The minimum atomic E-state index is -1.07. The maximum absolute atomic E-state index is 12.7. The molecule has 2 unspecified atom stereocenters. The third kappa shape index (κ3) is 2.53. The first-order valence-electron chi connectivity index (χ1n) is 8.69. The lowest BCUT2D eigenvalue weighted by Crippen LogP contribution is -2.70. The molecule has 0 spiro atoms. The number of hydrogen-bond acceptors (Lipinski definition) is 6. The van der Waals surface area contributed by atoms with Crippen molar-refractivity contribution in [3.05, 3.63) is 46.0 Å². The molecule has 2 aromatic rings. The Morgan fingerprint density at radius 3 is 2.50 bits per heavy atom. The first-order valence-corrected chi connectivity index (χ1v) is 9.57. The summed E-state index contributed by atoms with van der Waals surface area (Å²) in [5.74, 6) is -2.35. The minimum Gasteiger partial charge on any atom is -0.480 e. The number of β-lactam (4-membered cyclic amide) rings is 1. The molecule has 2 amide bonds. The van der Waals surface area contributed by atoms with E-state index in [1.807, 2.05) is 0 Å². The van der Waals surface area contributed by atoms with Gasteiger partial charge in [-0.05, 0) is 32.2 Å². The average Bonchev–Trinajstić information content (AvgIpc) is 2.90. The summed E-state index contributed by atoms with van der Waals surface area (Å²) in [6, 6.07) is 4.99. The molecule has 2 aliphatic heterocycles. The number of aliphatic carboxylic acids is 1. The lowest BCUT2D eigenvalue weighted by Gasteiger charge is -2.43. The second-order valence-electron chi connectivity index (χ2n) is 7.44. The predicted octanol–water partition coefficient (Wildman–Crippen LogP) is 1.35. The summed E-state index contributed by atoms with van der Waals surface area (Å²) in [6.45, 7) is 5.18. The van der Waals surface area contributed by atoms with E-state index < -0.39 is 45.6 Å². The normalized spacial score (nSPS) is 25.3. The fraction of sp³-hybridized carbons (Fsp3) is 0.368. The van der Waals surface area contributed by atoms with Crippen LogP contribution in [0.15, 0.2) is 33.5 Å². The van der Waals surface area contributed by atoms with Gasteiger partial charge in [-0.1, -0.05) is 18.2 Å². The van der Waals surface area contributed by atoms with E-state index in [0.717, 1.165) is 0 Å². The summed E-state index contributed by atoms with van der Waals surface area (Å²) in [6.07, 6.45) is 0. The number of carbonyl (C=O) groups is 3. The first-order chi connectivity index (χ1) is 13.1. The summed E-state index contributed by atoms with van der Waals surface area (Å²) < 4.78 is 4.52. The number of benzene rings is 1. The fourth-order valence-electron chi connectivity index (χ4n) is 3.90. The van der Waals surface area contributed by atoms with E-state index in [9.17, 15) is 24.3 Å². The largest absolute Gasteiger partial charge is 0.480 e. The zero-order valence-electron chi connectivity index (χ0n) is 15.4. The molecule has 2 N–H and O–H groups in total. The van der Waals surface area contributed by atoms with E-state index in [1.165, 1.54) is 16.7 Å². The third-order valence-corrected chi connectivity index (χ3v) is 6.83. The van der Waals surface area contributed by atoms with Crippen LogP contribution >= 0.6 is 11.8 Å². The fourth-order valence-corrected chi connectivity index (χ4v) is 5.53. The smallest absolute Gasteiger partial charge is 0.344 e. The Kier molecular flexibility index (Phi) is 4.04. The van der Waals surface area contributed by atoms with Crippen LogP contribution in [0.25, 0.3) is 10.8 Å². The summed E-state index contributed by atoms with van der Waals surface area (Å²) >= 11 is 1.33. The lowest BCUT2D eigenvalue weighted by molar-refractivity contribution is -0.159. The van der Waals surface area contributed by atoms with Crippen LogP contribution in [0.4, 0.5) is 0 Å². The van der Waals surface area contributed by atoms with E-state index in [1.54, 1.807) is 45.0 Å². The van der Waals surface area contributed by atoms with Gasteiger partial charge < -0.3 is 19.7 Å². The van der Waals surface area contributed by atoms with Gasteiger partial charge in [0.05, 0.1) is 5.39 Å². The number of aryl methyl sites for hydroxylation is 1. The number of amides is 2. The topological polar surface area (TPSA) is 117 Å². The summed E-state index contributed by atoms with van der Waals surface area (Å²) in [5, 5.41) is 12.6. The van der Waals surface area contributed by atoms with Crippen molar-refractivity contribution in [2.45, 2.75) is 43.0 Å². The molecule has 2 saturated heterocycles. The van der Waals surface area contributed by atoms with Crippen molar-refractivity contribution in [1.29, 1.82) is 0 Å². The van der Waals surface area contributed by atoms with E-state index in [2.05, 4.69) is 5.32 Å². The van der Waals surface area contributed by atoms with Gasteiger partial charge in [-0.15, -0.1) is 11.8 Å². The number of thioether (sulfide) groups is 1. The average molecular weight is 402 g/mol. The number of nitrogens with zero attached hydrogens (tertiary/aromatic N) is 1. The Hall–Kier alpha value is -2.81. The van der Waals surface area contributed by atoms with Crippen molar-refractivity contribution >= 4 is 40.3 Å². The number of carboxylic acid groups (broad SMARTS) is 1. The van der Waals surface area contributed by atoms with Crippen LogP contribution in [-0.2, 0) is 9.59 Å². The monoisotopic (exact) mass is 402 g/mol. The molecular weight excluding hydrogens is 384 g/mol. The second-order valence-corrected chi connectivity index (χ2v) is 9.21. The van der Waals surface area contributed by atoms with Crippen LogP contribution < -0.4 is 10.9 Å². The maximum atomic E-state index is 12.7. The van der Waals surface area contributed by atoms with Crippen molar-refractivity contribution in [1.82, 2.24) is 10.2 Å². The quantitative estimate of drug-likeness (QED) is 0.744. The summed E-state index contributed by atoms with van der Waals surface area (Å²) in [4.78, 5) is 50.3. The highest BCUT2D eigenvalue weighted by molar-refractivity contribution is 8.01. The molecule has 0 radical (unpaired) electrons. The van der Waals surface area contributed by atoms with Crippen molar-refractivity contribution in [3.8, 4) is 0 Å². The van der Waals surface area contributed by atoms with Gasteiger partial charge in [-0.25, -0.2) is 9.59 Å². The van der Waals surface area contributed by atoms with Gasteiger partial charge in [0.1, 0.15) is 17.5 Å². The molecule has 8 nitrogen and oxygen atoms in total. The number of fused-ring (bicyclic) bond motifs is 2. The highest BCUT2D eigenvalue weighted by Gasteiger charge is 2.64. The Balaban J connectivity index is 1.62. The Labute approximate surface area is 163 Å². The molecule has 3 heterocycles. The van der Waals surface area contributed by atoms with Crippen molar-refractivity contribution < 1.29 is 23.9 Å². The van der Waals surface area contributed by atoms with Crippen molar-refractivity contribution in [2.75, 3.05) is 0 Å². The van der Waals surface area contributed by atoms with Gasteiger partial charge in [0.25, 0.3) is 5.91 Å². The van der Waals surface area contributed by atoms with Crippen LogP contribution in [-0.4, -0.2) is 50.0 Å². The van der Waals surface area contributed by atoms with E-state index in [4.69, 9.17) is 4.42 Å². The standard InChI is InChI=1S/C19H18N2O6S/c1-8-9-6-4-5-7-10(9)18(26)27-12(8)14(22)20-11-15(23)21-13(17(24)25)19(2,3)28-16(11)21/h4-7,11,13,16H,1-3H3,(H,20,22)(H,24,25)/t11?,13?,16-/m1/s1. The number of rotatable bonds is 3. The second kappa shape index (κ2) is 6.10. The SMILES string of the molecule is Cc1c(C(=O)NC2C(=O)N3C(C(=O)O)C(C)(C)S[C@H]23)oc(=O)c2ccccc12. The molecule has 28 heavy (non-hydrogen) atoms. The van der Waals surface area contributed by atoms with Crippen molar-refractivity contribution in [3.63, 3.8) is 0 Å². The molecule has 2 aliphatic rings. The Morgan fingerprint density at radius 1 is 1.21 bits per heavy atom. The van der Waals surface area contributed by atoms with E-state index in [-0.39, 0.29) is 5.76 Å². The number of carboxylic acids is 1. The third-order valence-electron chi connectivity index (χ3n) is 5.25. The predicted molar refractivity (Wildman–Crippen MR) is 102 cm³/mol. The first kappa shape index (κ1) is 18.5. The van der Waals surface area contributed by atoms with E-state index >= 15 is 0 Å². The van der Waals surface area contributed by atoms with Gasteiger partial charge in [-0.2, -0.15) is 0 Å². The minimum absolute atomic E-state index is 0.146. The molecule has 2 fully saturated rings. The molecule has 9 heteroatoms.